The zero-order valence-electron chi connectivity index (χ0n) is 16.0. The summed E-state index contributed by atoms with van der Waals surface area (Å²) >= 11 is 6.04. The highest BCUT2D eigenvalue weighted by molar-refractivity contribution is 6.30. The Balaban J connectivity index is 1.94. The summed E-state index contributed by atoms with van der Waals surface area (Å²) in [5.74, 6) is 0.170. The molecule has 0 aliphatic rings. The van der Waals surface area contributed by atoms with E-state index in [9.17, 15) is 4.79 Å². The molecule has 2 aromatic carbocycles. The van der Waals surface area contributed by atoms with Crippen LogP contribution in [0, 0.1) is 5.92 Å². The van der Waals surface area contributed by atoms with Gasteiger partial charge in [0.1, 0.15) is 11.1 Å². The number of halogens is 1. The first-order valence-electron chi connectivity index (χ1n) is 9.56. The molecular weight excluding hydrogens is 344 g/mol. The zero-order valence-corrected chi connectivity index (χ0v) is 16.8. The van der Waals surface area contributed by atoms with Gasteiger partial charge >= 0.3 is 5.97 Å². The second kappa shape index (κ2) is 10.4. The maximum atomic E-state index is 11.9. The number of esters is 1. The van der Waals surface area contributed by atoms with Gasteiger partial charge in [0.15, 0.2) is 0 Å². The third kappa shape index (κ3) is 6.17. The highest BCUT2D eigenvalue weighted by Gasteiger charge is 2.21. The fourth-order valence-corrected chi connectivity index (χ4v) is 2.82. The van der Waals surface area contributed by atoms with E-state index in [1.54, 1.807) is 0 Å². The highest BCUT2D eigenvalue weighted by Crippen LogP contribution is 2.24. The maximum absolute atomic E-state index is 11.9. The Hall–Kier alpha value is -1.80. The fraction of sp³-hybridized carbons (Fsp3) is 0.435. The number of hydrogen-bond donors (Lipinski definition) is 0. The maximum Gasteiger partial charge on any atom is 0.329 e. The lowest BCUT2D eigenvalue weighted by molar-refractivity contribution is -0.134. The molecule has 26 heavy (non-hydrogen) atoms. The van der Waals surface area contributed by atoms with Crippen molar-refractivity contribution < 1.29 is 9.53 Å². The number of aryl methyl sites for hydroxylation is 1. The van der Waals surface area contributed by atoms with Crippen LogP contribution in [0.5, 0.6) is 5.75 Å². The van der Waals surface area contributed by atoms with E-state index in [1.165, 1.54) is 31.2 Å². The molecule has 1 unspecified atom stereocenters. The third-order valence-electron chi connectivity index (χ3n) is 4.49. The van der Waals surface area contributed by atoms with Crippen molar-refractivity contribution in [3.05, 3.63) is 54.1 Å². The lowest BCUT2D eigenvalue weighted by Gasteiger charge is -2.12. The minimum Gasteiger partial charge on any atom is -0.425 e. The molecule has 2 aromatic rings. The SMILES string of the molecule is CCCCCCc1ccc(-c2ccc(OC(=O)C(Cl)C(C)C)cc2)cc1. The summed E-state index contributed by atoms with van der Waals surface area (Å²) in [5, 5.41) is -0.625. The van der Waals surface area contributed by atoms with E-state index in [0.717, 1.165) is 17.5 Å². The predicted octanol–water partition coefficient (Wildman–Crippen LogP) is 6.65. The van der Waals surface area contributed by atoms with Crippen LogP contribution in [0.4, 0.5) is 0 Å². The van der Waals surface area contributed by atoms with Gasteiger partial charge in [0, 0.05) is 0 Å². The van der Waals surface area contributed by atoms with Gasteiger partial charge in [-0.15, -0.1) is 11.6 Å². The Morgan fingerprint density at radius 3 is 2.04 bits per heavy atom. The molecule has 3 heteroatoms. The molecule has 0 fully saturated rings. The summed E-state index contributed by atoms with van der Waals surface area (Å²) in [6, 6.07) is 16.3. The molecule has 0 heterocycles. The molecular formula is C23H29ClO2. The van der Waals surface area contributed by atoms with Gasteiger partial charge < -0.3 is 4.74 Å². The highest BCUT2D eigenvalue weighted by atomic mass is 35.5. The summed E-state index contributed by atoms with van der Waals surface area (Å²) in [4.78, 5) is 11.9. The van der Waals surface area contributed by atoms with Crippen LogP contribution < -0.4 is 4.74 Å². The summed E-state index contributed by atoms with van der Waals surface area (Å²) in [6.45, 7) is 6.03. The van der Waals surface area contributed by atoms with Gasteiger partial charge in [-0.05, 0) is 47.6 Å². The van der Waals surface area contributed by atoms with Crippen LogP contribution in [0.3, 0.4) is 0 Å². The minimum absolute atomic E-state index is 0.0453. The van der Waals surface area contributed by atoms with Crippen molar-refractivity contribution in [1.29, 1.82) is 0 Å². The molecule has 0 aliphatic carbocycles. The van der Waals surface area contributed by atoms with Gasteiger partial charge in [-0.1, -0.05) is 76.4 Å². The third-order valence-corrected chi connectivity index (χ3v) is 5.17. The molecule has 2 nitrogen and oxygen atoms in total. The van der Waals surface area contributed by atoms with Crippen LogP contribution in [0.2, 0.25) is 0 Å². The molecule has 2 rings (SSSR count). The van der Waals surface area contributed by atoms with Gasteiger partial charge in [-0.3, -0.25) is 4.79 Å². The van der Waals surface area contributed by atoms with Gasteiger partial charge in [0.25, 0.3) is 0 Å². The fourth-order valence-electron chi connectivity index (χ4n) is 2.78. The monoisotopic (exact) mass is 372 g/mol. The van der Waals surface area contributed by atoms with E-state index in [-0.39, 0.29) is 5.92 Å². The molecule has 0 aromatic heterocycles. The number of benzene rings is 2. The van der Waals surface area contributed by atoms with Gasteiger partial charge in [0.05, 0.1) is 0 Å². The van der Waals surface area contributed by atoms with Gasteiger partial charge in [-0.2, -0.15) is 0 Å². The van der Waals surface area contributed by atoms with Crippen molar-refractivity contribution in [2.24, 2.45) is 5.92 Å². The van der Waals surface area contributed by atoms with Crippen molar-refractivity contribution >= 4 is 17.6 Å². The van der Waals surface area contributed by atoms with E-state index in [1.807, 2.05) is 38.1 Å². The number of rotatable bonds is 9. The normalized spacial score (nSPS) is 12.2. The molecule has 0 amide bonds. The quantitative estimate of drug-likeness (QED) is 0.213. The molecule has 0 spiro atoms. The summed E-state index contributed by atoms with van der Waals surface area (Å²) < 4.78 is 5.34. The van der Waals surface area contributed by atoms with E-state index < -0.39 is 11.3 Å². The smallest absolute Gasteiger partial charge is 0.329 e. The number of carbonyl (C=O) groups excluding carboxylic acids is 1. The summed E-state index contributed by atoms with van der Waals surface area (Å²) in [6.07, 6.45) is 6.29. The van der Waals surface area contributed by atoms with Crippen LogP contribution in [-0.2, 0) is 11.2 Å². The topological polar surface area (TPSA) is 26.3 Å². The minimum atomic E-state index is -0.625. The number of unbranched alkanes of at least 4 members (excludes halogenated alkanes) is 3. The average molecular weight is 373 g/mol. The summed E-state index contributed by atoms with van der Waals surface area (Å²) in [7, 11) is 0. The van der Waals surface area contributed by atoms with Crippen LogP contribution in [-0.4, -0.2) is 11.3 Å². The van der Waals surface area contributed by atoms with Crippen molar-refractivity contribution in [2.75, 3.05) is 0 Å². The van der Waals surface area contributed by atoms with Crippen molar-refractivity contribution in [3.63, 3.8) is 0 Å². The lowest BCUT2D eigenvalue weighted by atomic mass is 10.0. The van der Waals surface area contributed by atoms with Crippen LogP contribution >= 0.6 is 11.6 Å². The second-order valence-corrected chi connectivity index (χ2v) is 7.57. The standard InChI is InChI=1S/C23H29ClO2/c1-4-5-6-7-8-18-9-11-19(12-10-18)20-13-15-21(16-14-20)26-23(25)22(24)17(2)3/h9-17,22H,4-8H2,1-3H3. The van der Waals surface area contributed by atoms with Crippen molar-refractivity contribution in [2.45, 2.75) is 58.3 Å². The Morgan fingerprint density at radius 1 is 0.923 bits per heavy atom. The molecule has 0 N–H and O–H groups in total. The number of ether oxygens (including phenoxy) is 1. The van der Waals surface area contributed by atoms with Gasteiger partial charge in [0.2, 0.25) is 0 Å². The Morgan fingerprint density at radius 2 is 1.50 bits per heavy atom. The Kier molecular flexibility index (Phi) is 8.18. The number of alkyl halides is 1. The Labute approximate surface area is 162 Å². The zero-order chi connectivity index (χ0) is 18.9. The van der Waals surface area contributed by atoms with E-state index in [0.29, 0.717) is 5.75 Å². The molecule has 0 bridgehead atoms. The molecule has 0 saturated heterocycles. The lowest BCUT2D eigenvalue weighted by Crippen LogP contribution is -2.25. The largest absolute Gasteiger partial charge is 0.425 e. The first-order chi connectivity index (χ1) is 12.5. The molecule has 1 atom stereocenters. The first-order valence-corrected chi connectivity index (χ1v) is 10.00. The number of hydrogen-bond acceptors (Lipinski definition) is 2. The Bertz CT molecular complexity index is 674. The van der Waals surface area contributed by atoms with E-state index in [4.69, 9.17) is 16.3 Å². The van der Waals surface area contributed by atoms with Crippen LogP contribution in [0.25, 0.3) is 11.1 Å². The number of carbonyl (C=O) groups is 1. The van der Waals surface area contributed by atoms with E-state index in [2.05, 4.69) is 31.2 Å². The van der Waals surface area contributed by atoms with E-state index >= 15 is 0 Å². The van der Waals surface area contributed by atoms with Crippen molar-refractivity contribution in [3.8, 4) is 16.9 Å². The molecule has 0 aliphatic heterocycles. The van der Waals surface area contributed by atoms with Gasteiger partial charge in [-0.25, -0.2) is 0 Å². The van der Waals surface area contributed by atoms with Crippen LogP contribution in [0.15, 0.2) is 48.5 Å². The summed E-state index contributed by atoms with van der Waals surface area (Å²) in [5.41, 5.74) is 3.66. The van der Waals surface area contributed by atoms with Crippen molar-refractivity contribution in [1.82, 2.24) is 0 Å². The second-order valence-electron chi connectivity index (χ2n) is 7.10. The molecule has 140 valence electrons. The van der Waals surface area contributed by atoms with Crippen LogP contribution in [0.1, 0.15) is 52.0 Å². The first kappa shape index (κ1) is 20.5. The molecule has 0 radical (unpaired) electrons. The predicted molar refractivity (Wildman–Crippen MR) is 110 cm³/mol. The molecule has 0 saturated carbocycles. The average Bonchev–Trinajstić information content (AvgIpc) is 2.65.